The van der Waals surface area contributed by atoms with Crippen molar-refractivity contribution in [3.63, 3.8) is 0 Å². The summed E-state index contributed by atoms with van der Waals surface area (Å²) in [4.78, 5) is 16.5. The van der Waals surface area contributed by atoms with Crippen LogP contribution in [0.3, 0.4) is 0 Å². The van der Waals surface area contributed by atoms with Gasteiger partial charge in [0.15, 0.2) is 0 Å². The second kappa shape index (κ2) is 8.44. The number of nitrogens with zero attached hydrogens (tertiary/aromatic N) is 1. The van der Waals surface area contributed by atoms with Gasteiger partial charge in [-0.1, -0.05) is 36.9 Å². The van der Waals surface area contributed by atoms with E-state index in [1.807, 2.05) is 11.0 Å². The molecule has 3 aromatic rings. The van der Waals surface area contributed by atoms with Gasteiger partial charge in [-0.15, -0.1) is 11.3 Å². The molecular formula is C28H28N2OS. The number of hydrogen-bond acceptors (Lipinski definition) is 3. The van der Waals surface area contributed by atoms with Crippen molar-refractivity contribution in [3.05, 3.63) is 98.9 Å². The summed E-state index contributed by atoms with van der Waals surface area (Å²) in [6, 6.07) is 17.4. The van der Waals surface area contributed by atoms with Crippen LogP contribution in [-0.4, -0.2) is 12.5 Å². The Morgan fingerprint density at radius 1 is 1.16 bits per heavy atom. The summed E-state index contributed by atoms with van der Waals surface area (Å²) in [6.45, 7) is 9.02. The van der Waals surface area contributed by atoms with Crippen molar-refractivity contribution >= 4 is 34.6 Å². The predicted molar refractivity (Wildman–Crippen MR) is 135 cm³/mol. The number of aryl methyl sites for hydroxylation is 3. The molecular weight excluding hydrogens is 412 g/mol. The predicted octanol–water partition coefficient (Wildman–Crippen LogP) is 6.43. The first kappa shape index (κ1) is 20.8. The second-order valence-electron chi connectivity index (χ2n) is 8.84. The molecule has 4 heteroatoms. The topological polar surface area (TPSA) is 32.3 Å². The molecule has 1 atom stereocenters. The Morgan fingerprint density at radius 3 is 2.78 bits per heavy atom. The Kier molecular flexibility index (Phi) is 5.48. The van der Waals surface area contributed by atoms with Crippen LogP contribution in [0.1, 0.15) is 51.6 Å². The molecule has 3 nitrogen and oxygen atoms in total. The van der Waals surface area contributed by atoms with Crippen molar-refractivity contribution in [1.82, 2.24) is 5.32 Å². The van der Waals surface area contributed by atoms with Gasteiger partial charge in [-0.05, 0) is 89.7 Å². The van der Waals surface area contributed by atoms with Crippen LogP contribution in [0.2, 0.25) is 0 Å². The van der Waals surface area contributed by atoms with Gasteiger partial charge in [0.25, 0.3) is 0 Å². The van der Waals surface area contributed by atoms with E-state index >= 15 is 0 Å². The largest absolute Gasteiger partial charge is 0.381 e. The van der Waals surface area contributed by atoms with Gasteiger partial charge in [0.05, 0.1) is 24.7 Å². The lowest BCUT2D eigenvalue weighted by Gasteiger charge is -2.27. The molecule has 0 spiro atoms. The highest BCUT2D eigenvalue weighted by Crippen LogP contribution is 2.37. The van der Waals surface area contributed by atoms with E-state index in [0.29, 0.717) is 13.0 Å². The molecule has 1 aliphatic heterocycles. The van der Waals surface area contributed by atoms with Gasteiger partial charge >= 0.3 is 0 Å². The van der Waals surface area contributed by atoms with Crippen LogP contribution >= 0.6 is 11.3 Å². The fourth-order valence-electron chi connectivity index (χ4n) is 4.79. The third kappa shape index (κ3) is 3.91. The van der Waals surface area contributed by atoms with Crippen LogP contribution in [0.4, 0.5) is 5.69 Å². The van der Waals surface area contributed by atoms with E-state index in [2.05, 4.69) is 79.7 Å². The average Bonchev–Trinajstić information content (AvgIpc) is 3.42. The summed E-state index contributed by atoms with van der Waals surface area (Å²) < 4.78 is 0. The van der Waals surface area contributed by atoms with Crippen molar-refractivity contribution in [1.29, 1.82) is 0 Å². The van der Waals surface area contributed by atoms with E-state index in [0.717, 1.165) is 40.2 Å². The molecule has 32 heavy (non-hydrogen) atoms. The standard InChI is InChI=1S/C28H28N2OS/c1-18-13-22-15-23(27-9-6-12-32-27)16-28(31)30(26(22)14-19(18)2)17-20(3)29-25-11-10-21-7-4-5-8-24(21)25/h4-9,12-15,25,29H,3,10-11,16-17H2,1-2H3. The average molecular weight is 441 g/mol. The zero-order chi connectivity index (χ0) is 22.2. The van der Waals surface area contributed by atoms with Gasteiger partial charge in [-0.2, -0.15) is 0 Å². The van der Waals surface area contributed by atoms with Crippen molar-refractivity contribution in [2.45, 2.75) is 39.2 Å². The number of benzene rings is 2. The number of anilines is 1. The molecule has 1 amide bonds. The first-order chi connectivity index (χ1) is 15.5. The molecule has 0 fully saturated rings. The number of amides is 1. The van der Waals surface area contributed by atoms with Crippen LogP contribution in [0.25, 0.3) is 11.6 Å². The highest BCUT2D eigenvalue weighted by atomic mass is 32.1. The Hall–Kier alpha value is -3.11. The summed E-state index contributed by atoms with van der Waals surface area (Å²) in [7, 11) is 0. The normalized spacial score (nSPS) is 17.4. The lowest BCUT2D eigenvalue weighted by Crippen LogP contribution is -2.36. The molecule has 1 aliphatic carbocycles. The maximum absolute atomic E-state index is 13.5. The van der Waals surface area contributed by atoms with Gasteiger partial charge in [-0.25, -0.2) is 0 Å². The molecule has 5 rings (SSSR count). The van der Waals surface area contributed by atoms with Crippen LogP contribution in [0, 0.1) is 13.8 Å². The minimum atomic E-state index is 0.112. The van der Waals surface area contributed by atoms with Gasteiger partial charge in [0, 0.05) is 10.6 Å². The maximum atomic E-state index is 13.5. The number of fused-ring (bicyclic) bond motifs is 2. The summed E-state index contributed by atoms with van der Waals surface area (Å²) in [6.07, 6.45) is 4.73. The molecule has 162 valence electrons. The van der Waals surface area contributed by atoms with Crippen molar-refractivity contribution in [2.24, 2.45) is 0 Å². The number of carbonyl (C=O) groups excluding carboxylic acids is 1. The molecule has 1 aromatic heterocycles. The molecule has 2 heterocycles. The summed E-state index contributed by atoms with van der Waals surface area (Å²) in [5.74, 6) is 0.112. The molecule has 0 saturated carbocycles. The first-order valence-electron chi connectivity index (χ1n) is 11.2. The Labute approximate surface area is 194 Å². The fourth-order valence-corrected chi connectivity index (χ4v) is 5.53. The maximum Gasteiger partial charge on any atom is 0.231 e. The van der Waals surface area contributed by atoms with E-state index < -0.39 is 0 Å². The highest BCUT2D eigenvalue weighted by Gasteiger charge is 2.27. The van der Waals surface area contributed by atoms with Gasteiger partial charge < -0.3 is 10.2 Å². The van der Waals surface area contributed by atoms with Crippen LogP contribution in [0.5, 0.6) is 0 Å². The van der Waals surface area contributed by atoms with E-state index in [-0.39, 0.29) is 11.9 Å². The summed E-state index contributed by atoms with van der Waals surface area (Å²) in [5, 5.41) is 5.68. The molecule has 0 bridgehead atoms. The summed E-state index contributed by atoms with van der Waals surface area (Å²) in [5.41, 5.74) is 9.22. The minimum absolute atomic E-state index is 0.112. The zero-order valence-electron chi connectivity index (χ0n) is 18.7. The molecule has 2 aliphatic rings. The fraction of sp³-hybridized carbons (Fsp3) is 0.250. The Morgan fingerprint density at radius 2 is 1.97 bits per heavy atom. The highest BCUT2D eigenvalue weighted by molar-refractivity contribution is 7.11. The molecule has 2 aromatic carbocycles. The summed E-state index contributed by atoms with van der Waals surface area (Å²) >= 11 is 1.68. The Balaban J connectivity index is 1.43. The number of thiophene rings is 1. The van der Waals surface area contributed by atoms with Gasteiger partial charge in [0.2, 0.25) is 5.91 Å². The molecule has 0 saturated heterocycles. The van der Waals surface area contributed by atoms with E-state index in [9.17, 15) is 4.79 Å². The number of carbonyl (C=O) groups is 1. The van der Waals surface area contributed by atoms with Crippen molar-refractivity contribution in [2.75, 3.05) is 11.4 Å². The lowest BCUT2D eigenvalue weighted by molar-refractivity contribution is -0.117. The van der Waals surface area contributed by atoms with Crippen LogP contribution in [0.15, 0.2) is 66.2 Å². The number of nitrogens with one attached hydrogen (secondary N) is 1. The van der Waals surface area contributed by atoms with E-state index in [1.165, 1.54) is 22.3 Å². The minimum Gasteiger partial charge on any atom is -0.381 e. The van der Waals surface area contributed by atoms with Gasteiger partial charge in [-0.3, -0.25) is 4.79 Å². The monoisotopic (exact) mass is 440 g/mol. The van der Waals surface area contributed by atoms with Crippen molar-refractivity contribution in [3.8, 4) is 0 Å². The van der Waals surface area contributed by atoms with Gasteiger partial charge in [0.1, 0.15) is 0 Å². The third-order valence-corrected chi connectivity index (χ3v) is 7.55. The molecule has 1 N–H and O–H groups in total. The smallest absolute Gasteiger partial charge is 0.231 e. The lowest BCUT2D eigenvalue weighted by atomic mass is 10.0. The first-order valence-corrected chi connectivity index (χ1v) is 12.1. The second-order valence-corrected chi connectivity index (χ2v) is 9.78. The quantitative estimate of drug-likeness (QED) is 0.496. The van der Waals surface area contributed by atoms with E-state index in [1.54, 1.807) is 11.3 Å². The zero-order valence-corrected chi connectivity index (χ0v) is 19.5. The number of rotatable bonds is 5. The Bertz CT molecular complexity index is 1220. The molecule has 1 unspecified atom stereocenters. The number of hydrogen-bond donors (Lipinski definition) is 1. The van der Waals surface area contributed by atoms with E-state index in [4.69, 9.17) is 0 Å². The van der Waals surface area contributed by atoms with Crippen molar-refractivity contribution < 1.29 is 4.79 Å². The third-order valence-electron chi connectivity index (χ3n) is 6.60. The van der Waals surface area contributed by atoms with Crippen LogP contribution in [-0.2, 0) is 11.2 Å². The SMILES string of the molecule is C=C(CN1C(=O)CC(c2cccs2)=Cc2cc(C)c(C)cc21)NC1CCc2ccccc21. The van der Waals surface area contributed by atoms with Crippen LogP contribution < -0.4 is 10.2 Å². The molecule has 0 radical (unpaired) electrons.